The van der Waals surface area contributed by atoms with Crippen molar-refractivity contribution in [2.75, 3.05) is 25.7 Å². The molecule has 1 N–H and O–H groups in total. The molecule has 4 aromatic rings. The molecule has 2 aromatic heterocycles. The highest BCUT2D eigenvalue weighted by atomic mass is 19.1. The van der Waals surface area contributed by atoms with Crippen LogP contribution >= 0.6 is 0 Å². The highest BCUT2D eigenvalue weighted by Gasteiger charge is 2.22. The number of carbonyl (C=O) groups is 1. The number of fused-ring (bicyclic) bond motifs is 1. The van der Waals surface area contributed by atoms with Crippen molar-refractivity contribution in [3.8, 4) is 17.2 Å². The lowest BCUT2D eigenvalue weighted by atomic mass is 10.0. The van der Waals surface area contributed by atoms with Crippen LogP contribution in [-0.4, -0.2) is 41.8 Å². The molecule has 0 bridgehead atoms. The molecule has 2 aromatic carbocycles. The first-order chi connectivity index (χ1) is 17.4. The summed E-state index contributed by atoms with van der Waals surface area (Å²) in [5.74, 6) is 0.216. The molecule has 0 aliphatic heterocycles. The third kappa shape index (κ3) is 5.48. The van der Waals surface area contributed by atoms with Crippen molar-refractivity contribution in [1.82, 2.24) is 9.97 Å². The van der Waals surface area contributed by atoms with Crippen molar-refractivity contribution in [3.05, 3.63) is 71.3 Å². The number of benzene rings is 2. The summed E-state index contributed by atoms with van der Waals surface area (Å²) in [5.41, 5.74) is 3.03. The summed E-state index contributed by atoms with van der Waals surface area (Å²) < 4.78 is 36.1. The quantitative estimate of drug-likeness (QED) is 0.319. The highest BCUT2D eigenvalue weighted by Crippen LogP contribution is 2.36. The smallest absolute Gasteiger partial charge is 0.323 e. The number of methoxy groups -OCH3 is 2. The van der Waals surface area contributed by atoms with Crippen LogP contribution in [0.4, 0.5) is 10.4 Å². The van der Waals surface area contributed by atoms with E-state index >= 15 is 0 Å². The number of anilines is 1. The van der Waals surface area contributed by atoms with Crippen LogP contribution in [0.2, 0.25) is 0 Å². The number of ether oxygens (including phenoxy) is 3. The molecule has 10 heteroatoms. The molecule has 0 radical (unpaired) electrons. The Morgan fingerprint density at radius 3 is 2.64 bits per heavy atom. The first-order valence-corrected chi connectivity index (χ1v) is 11.2. The Balaban J connectivity index is 1.65. The van der Waals surface area contributed by atoms with Gasteiger partial charge in [0.05, 0.1) is 26.1 Å². The Morgan fingerprint density at radius 1 is 1.14 bits per heavy atom. The van der Waals surface area contributed by atoms with E-state index in [1.54, 1.807) is 32.5 Å². The number of hydrogen-bond donors (Lipinski definition) is 1. The van der Waals surface area contributed by atoms with E-state index in [-0.39, 0.29) is 31.3 Å². The highest BCUT2D eigenvalue weighted by molar-refractivity contribution is 5.77. The molecule has 0 saturated carbocycles. The van der Waals surface area contributed by atoms with Gasteiger partial charge < -0.3 is 28.6 Å². The molecule has 0 spiro atoms. The molecule has 0 amide bonds. The van der Waals surface area contributed by atoms with Crippen molar-refractivity contribution in [2.24, 2.45) is 0 Å². The third-order valence-corrected chi connectivity index (χ3v) is 5.59. The summed E-state index contributed by atoms with van der Waals surface area (Å²) in [6, 6.07) is 11.3. The number of carboxylic acids is 1. The summed E-state index contributed by atoms with van der Waals surface area (Å²) in [5, 5.41) is 9.52. The number of aromatic nitrogens is 2. The van der Waals surface area contributed by atoms with Gasteiger partial charge >= 0.3 is 5.97 Å². The van der Waals surface area contributed by atoms with Crippen molar-refractivity contribution in [2.45, 2.75) is 26.5 Å². The van der Waals surface area contributed by atoms with Gasteiger partial charge in [0, 0.05) is 18.2 Å². The first-order valence-electron chi connectivity index (χ1n) is 11.2. The SMILES string of the molecule is CCc1c(CN(CC(=O)O)c2nc3ccc(F)cc3o2)ccc(OC)c1OCc1ccc(OC)cn1. The third-order valence-electron chi connectivity index (χ3n) is 5.59. The summed E-state index contributed by atoms with van der Waals surface area (Å²) >= 11 is 0. The van der Waals surface area contributed by atoms with E-state index in [1.807, 2.05) is 19.1 Å². The lowest BCUT2D eigenvalue weighted by Gasteiger charge is -2.22. The first kappa shape index (κ1) is 24.8. The molecular weight excluding hydrogens is 469 g/mol. The number of carboxylic acid groups (broad SMARTS) is 1. The topological polar surface area (TPSA) is 107 Å². The van der Waals surface area contributed by atoms with E-state index in [2.05, 4.69) is 9.97 Å². The maximum atomic E-state index is 13.6. The van der Waals surface area contributed by atoms with Gasteiger partial charge in [0.25, 0.3) is 6.01 Å². The number of aliphatic carboxylic acids is 1. The van der Waals surface area contributed by atoms with Crippen molar-refractivity contribution >= 4 is 23.1 Å². The van der Waals surface area contributed by atoms with Gasteiger partial charge in [0.1, 0.15) is 30.2 Å². The number of halogens is 1. The molecule has 9 nitrogen and oxygen atoms in total. The fourth-order valence-electron chi connectivity index (χ4n) is 3.85. The van der Waals surface area contributed by atoms with E-state index in [0.29, 0.717) is 34.9 Å². The summed E-state index contributed by atoms with van der Waals surface area (Å²) in [6.07, 6.45) is 2.21. The van der Waals surface area contributed by atoms with E-state index in [0.717, 1.165) is 11.1 Å². The molecular formula is C26H26FN3O6. The van der Waals surface area contributed by atoms with Gasteiger partial charge in [0.2, 0.25) is 0 Å². The average molecular weight is 496 g/mol. The van der Waals surface area contributed by atoms with Crippen LogP contribution < -0.4 is 19.1 Å². The molecule has 0 fully saturated rings. The second-order valence-electron chi connectivity index (χ2n) is 7.92. The molecule has 0 saturated heterocycles. The molecule has 188 valence electrons. The summed E-state index contributed by atoms with van der Waals surface area (Å²) in [7, 11) is 3.13. The van der Waals surface area contributed by atoms with Gasteiger partial charge in [-0.25, -0.2) is 4.39 Å². The van der Waals surface area contributed by atoms with Crippen LogP contribution in [0.1, 0.15) is 23.7 Å². The molecule has 2 heterocycles. The number of oxazole rings is 1. The van der Waals surface area contributed by atoms with Crippen LogP contribution in [-0.2, 0) is 24.4 Å². The minimum atomic E-state index is -1.06. The van der Waals surface area contributed by atoms with Gasteiger partial charge in [-0.3, -0.25) is 9.78 Å². The zero-order chi connectivity index (χ0) is 25.7. The minimum absolute atomic E-state index is 0.0840. The fourth-order valence-corrected chi connectivity index (χ4v) is 3.85. The predicted octanol–water partition coefficient (Wildman–Crippen LogP) is 4.61. The maximum absolute atomic E-state index is 13.6. The van der Waals surface area contributed by atoms with Crippen LogP contribution in [0.3, 0.4) is 0 Å². The van der Waals surface area contributed by atoms with E-state index < -0.39 is 11.8 Å². The molecule has 0 aliphatic rings. The average Bonchev–Trinajstić information content (AvgIpc) is 3.30. The Labute approximate surface area is 207 Å². The van der Waals surface area contributed by atoms with Crippen LogP contribution in [0.25, 0.3) is 11.1 Å². The Kier molecular flexibility index (Phi) is 7.53. The van der Waals surface area contributed by atoms with Crippen LogP contribution in [0.5, 0.6) is 17.2 Å². The van der Waals surface area contributed by atoms with Crippen molar-refractivity contribution in [1.29, 1.82) is 0 Å². The summed E-state index contributed by atoms with van der Waals surface area (Å²) in [4.78, 5) is 21.8. The molecule has 0 atom stereocenters. The second-order valence-corrected chi connectivity index (χ2v) is 7.92. The zero-order valence-corrected chi connectivity index (χ0v) is 20.2. The Bertz CT molecular complexity index is 1360. The van der Waals surface area contributed by atoms with Gasteiger partial charge in [-0.05, 0) is 42.3 Å². The van der Waals surface area contributed by atoms with Gasteiger partial charge in [0.15, 0.2) is 17.1 Å². The Morgan fingerprint density at radius 2 is 1.97 bits per heavy atom. The Hall–Kier alpha value is -4.34. The van der Waals surface area contributed by atoms with Crippen molar-refractivity contribution in [3.63, 3.8) is 0 Å². The predicted molar refractivity (Wildman–Crippen MR) is 130 cm³/mol. The van der Waals surface area contributed by atoms with Crippen molar-refractivity contribution < 1.29 is 32.9 Å². The van der Waals surface area contributed by atoms with E-state index in [9.17, 15) is 14.3 Å². The van der Waals surface area contributed by atoms with Gasteiger partial charge in [-0.1, -0.05) is 13.0 Å². The number of nitrogens with zero attached hydrogens (tertiary/aromatic N) is 3. The minimum Gasteiger partial charge on any atom is -0.495 e. The normalized spacial score (nSPS) is 10.9. The lowest BCUT2D eigenvalue weighted by Crippen LogP contribution is -2.30. The molecule has 4 rings (SSSR count). The van der Waals surface area contributed by atoms with Gasteiger partial charge in [-0.2, -0.15) is 4.98 Å². The second kappa shape index (κ2) is 10.9. The fraction of sp³-hybridized carbons (Fsp3) is 0.269. The number of rotatable bonds is 11. The lowest BCUT2D eigenvalue weighted by molar-refractivity contribution is -0.135. The largest absolute Gasteiger partial charge is 0.495 e. The number of pyridine rings is 1. The number of hydrogen-bond acceptors (Lipinski definition) is 8. The van der Waals surface area contributed by atoms with E-state index in [1.165, 1.54) is 23.1 Å². The zero-order valence-electron chi connectivity index (χ0n) is 20.2. The molecule has 0 unspecified atom stereocenters. The van der Waals surface area contributed by atoms with Crippen LogP contribution in [0, 0.1) is 5.82 Å². The van der Waals surface area contributed by atoms with E-state index in [4.69, 9.17) is 18.6 Å². The maximum Gasteiger partial charge on any atom is 0.323 e. The molecule has 0 aliphatic carbocycles. The summed E-state index contributed by atoms with van der Waals surface area (Å²) in [6.45, 7) is 1.98. The van der Waals surface area contributed by atoms with Crippen LogP contribution in [0.15, 0.2) is 53.1 Å². The standard InChI is InChI=1S/C26H26FN3O6/c1-4-20-16(5-10-22(34-3)25(20)35-15-18-7-8-19(33-2)12-28-18)13-30(14-24(31)32)26-29-21-9-6-17(27)11-23(21)36-26/h5-12H,4,13-15H2,1-3H3,(H,31,32). The monoisotopic (exact) mass is 495 g/mol. The van der Waals surface area contributed by atoms with Gasteiger partial charge in [-0.15, -0.1) is 0 Å². The molecule has 36 heavy (non-hydrogen) atoms.